The number of oxazole rings is 1. The van der Waals surface area contributed by atoms with E-state index in [-0.39, 0.29) is 11.7 Å². The lowest BCUT2D eigenvalue weighted by Crippen LogP contribution is -2.28. The number of fused-ring (bicyclic) bond motifs is 1. The second kappa shape index (κ2) is 8.45. The molecule has 6 nitrogen and oxygen atoms in total. The summed E-state index contributed by atoms with van der Waals surface area (Å²) in [6, 6.07) is 17.3. The molecule has 0 N–H and O–H groups in total. The molecule has 2 aromatic heterocycles. The van der Waals surface area contributed by atoms with Gasteiger partial charge in [0.2, 0.25) is 5.89 Å². The summed E-state index contributed by atoms with van der Waals surface area (Å²) < 4.78 is 13.4. The fraction of sp³-hybridized carbons (Fsp3) is 0.261. The van der Waals surface area contributed by atoms with Crippen molar-refractivity contribution in [3.05, 3.63) is 77.0 Å². The Hall–Kier alpha value is -2.90. The maximum Gasteiger partial charge on any atom is 0.262 e. The predicted molar refractivity (Wildman–Crippen MR) is 116 cm³/mol. The first-order chi connectivity index (χ1) is 14.8. The Labute approximate surface area is 177 Å². The molecule has 1 aliphatic heterocycles. The summed E-state index contributed by atoms with van der Waals surface area (Å²) in [7, 11) is 0. The van der Waals surface area contributed by atoms with Gasteiger partial charge < -0.3 is 9.15 Å². The second-order valence-electron chi connectivity index (χ2n) is 7.24. The van der Waals surface area contributed by atoms with Crippen molar-refractivity contribution in [1.29, 1.82) is 0 Å². The first-order valence-corrected chi connectivity index (χ1v) is 11.0. The third-order valence-corrected chi connectivity index (χ3v) is 6.13. The molecule has 0 aliphatic carbocycles. The molecule has 0 amide bonds. The van der Waals surface area contributed by atoms with Gasteiger partial charge >= 0.3 is 0 Å². The van der Waals surface area contributed by atoms with E-state index >= 15 is 0 Å². The van der Waals surface area contributed by atoms with Gasteiger partial charge in [-0.3, -0.25) is 9.36 Å². The van der Waals surface area contributed by atoms with Crippen LogP contribution < -0.4 is 5.56 Å². The Morgan fingerprint density at radius 1 is 1.10 bits per heavy atom. The van der Waals surface area contributed by atoms with E-state index < -0.39 is 0 Å². The van der Waals surface area contributed by atoms with E-state index in [1.807, 2.05) is 54.6 Å². The normalized spacial score (nSPS) is 16.3. The molecule has 1 fully saturated rings. The van der Waals surface area contributed by atoms with Crippen LogP contribution in [0.4, 0.5) is 0 Å². The molecule has 1 atom stereocenters. The average molecular weight is 420 g/mol. The Morgan fingerprint density at radius 3 is 2.77 bits per heavy atom. The van der Waals surface area contributed by atoms with E-state index in [9.17, 15) is 4.79 Å². The lowest BCUT2D eigenvalue weighted by atomic mass is 10.2. The van der Waals surface area contributed by atoms with Crippen LogP contribution in [-0.4, -0.2) is 27.2 Å². The summed E-state index contributed by atoms with van der Waals surface area (Å²) in [6.45, 7) is 1.27. The third-order valence-electron chi connectivity index (χ3n) is 5.17. The number of hydrogen-bond donors (Lipinski definition) is 0. The van der Waals surface area contributed by atoms with Crippen molar-refractivity contribution in [3.63, 3.8) is 0 Å². The molecule has 5 rings (SSSR count). The Bertz CT molecular complexity index is 1210. The molecule has 1 aliphatic rings. The molecule has 4 aromatic rings. The zero-order valence-corrected chi connectivity index (χ0v) is 17.2. The molecular weight excluding hydrogens is 398 g/mol. The van der Waals surface area contributed by atoms with E-state index in [4.69, 9.17) is 14.1 Å². The van der Waals surface area contributed by atoms with Gasteiger partial charge in [-0.2, -0.15) is 0 Å². The highest BCUT2D eigenvalue weighted by Crippen LogP contribution is 2.26. The van der Waals surface area contributed by atoms with Crippen molar-refractivity contribution >= 4 is 22.7 Å². The van der Waals surface area contributed by atoms with Gasteiger partial charge in [0, 0.05) is 12.2 Å². The van der Waals surface area contributed by atoms with Gasteiger partial charge in [0.05, 0.1) is 35.5 Å². The molecule has 30 heavy (non-hydrogen) atoms. The summed E-state index contributed by atoms with van der Waals surface area (Å²) in [5.74, 6) is 1.82. The highest BCUT2D eigenvalue weighted by Gasteiger charge is 2.20. The summed E-state index contributed by atoms with van der Waals surface area (Å²) in [5, 5.41) is 1.29. The molecule has 1 saturated heterocycles. The van der Waals surface area contributed by atoms with Gasteiger partial charge in [0.1, 0.15) is 0 Å². The van der Waals surface area contributed by atoms with Crippen LogP contribution in [0, 0.1) is 0 Å². The van der Waals surface area contributed by atoms with E-state index in [0.717, 1.165) is 30.8 Å². The maximum absolute atomic E-state index is 13.2. The van der Waals surface area contributed by atoms with Crippen LogP contribution in [-0.2, 0) is 17.0 Å². The molecule has 7 heteroatoms. The van der Waals surface area contributed by atoms with Gasteiger partial charge in [0.15, 0.2) is 10.9 Å². The summed E-state index contributed by atoms with van der Waals surface area (Å²) in [5.41, 5.74) is 1.65. The highest BCUT2D eigenvalue weighted by molar-refractivity contribution is 7.98. The van der Waals surface area contributed by atoms with Crippen molar-refractivity contribution in [2.24, 2.45) is 0 Å². The minimum absolute atomic E-state index is 0.0315. The number of thioether (sulfide) groups is 1. The van der Waals surface area contributed by atoms with Crippen LogP contribution in [0.2, 0.25) is 0 Å². The molecule has 152 valence electrons. The monoisotopic (exact) mass is 419 g/mol. The van der Waals surface area contributed by atoms with E-state index in [1.165, 1.54) is 11.8 Å². The standard InChI is InChI=1S/C23H21N3O3S/c27-22-18-10-4-5-11-19(18)25-23(26(22)14-17-9-6-12-28-17)30-15-21-24-13-20(29-21)16-7-2-1-3-8-16/h1-5,7-8,10-11,13,17H,6,9,12,14-15H2. The highest BCUT2D eigenvalue weighted by atomic mass is 32.2. The van der Waals surface area contributed by atoms with E-state index in [0.29, 0.717) is 34.2 Å². The average Bonchev–Trinajstić information content (AvgIpc) is 3.47. The van der Waals surface area contributed by atoms with Crippen molar-refractivity contribution in [2.75, 3.05) is 6.61 Å². The first-order valence-electron chi connectivity index (χ1n) is 10.0. The SMILES string of the molecule is O=c1c2ccccc2nc(SCc2ncc(-c3ccccc3)o2)n1CC1CCCO1. The number of ether oxygens (including phenoxy) is 1. The number of benzene rings is 2. The molecule has 2 aromatic carbocycles. The molecule has 3 heterocycles. The molecule has 0 bridgehead atoms. The molecular formula is C23H21N3O3S. The Balaban J connectivity index is 1.43. The van der Waals surface area contributed by atoms with E-state index in [1.54, 1.807) is 10.8 Å². The lowest BCUT2D eigenvalue weighted by Gasteiger charge is -2.16. The van der Waals surface area contributed by atoms with Crippen LogP contribution in [0.15, 0.2) is 75.2 Å². The maximum atomic E-state index is 13.2. The minimum Gasteiger partial charge on any atom is -0.440 e. The minimum atomic E-state index is -0.0315. The number of nitrogens with zero attached hydrogens (tertiary/aromatic N) is 3. The smallest absolute Gasteiger partial charge is 0.262 e. The Kier molecular flexibility index (Phi) is 5.38. The third kappa shape index (κ3) is 3.91. The van der Waals surface area contributed by atoms with Crippen LogP contribution in [0.1, 0.15) is 18.7 Å². The van der Waals surface area contributed by atoms with Crippen LogP contribution in [0.5, 0.6) is 0 Å². The second-order valence-corrected chi connectivity index (χ2v) is 8.18. The number of hydrogen-bond acceptors (Lipinski definition) is 6. The van der Waals surface area contributed by atoms with Crippen molar-refractivity contribution in [1.82, 2.24) is 14.5 Å². The van der Waals surface area contributed by atoms with Gasteiger partial charge in [0.25, 0.3) is 5.56 Å². The Morgan fingerprint density at radius 2 is 1.93 bits per heavy atom. The quantitative estimate of drug-likeness (QED) is 0.338. The van der Waals surface area contributed by atoms with Crippen LogP contribution in [0.25, 0.3) is 22.2 Å². The predicted octanol–water partition coefficient (Wildman–Crippen LogP) is 4.52. The summed E-state index contributed by atoms with van der Waals surface area (Å²) >= 11 is 1.46. The van der Waals surface area contributed by atoms with Crippen molar-refractivity contribution < 1.29 is 9.15 Å². The van der Waals surface area contributed by atoms with E-state index in [2.05, 4.69) is 4.98 Å². The molecule has 0 spiro atoms. The lowest BCUT2D eigenvalue weighted by molar-refractivity contribution is 0.0937. The molecule has 0 radical (unpaired) electrons. The first kappa shape index (κ1) is 19.1. The van der Waals surface area contributed by atoms with Crippen molar-refractivity contribution in [2.45, 2.75) is 36.4 Å². The number of para-hydroxylation sites is 1. The van der Waals surface area contributed by atoms with Gasteiger partial charge in [-0.1, -0.05) is 54.2 Å². The zero-order valence-electron chi connectivity index (χ0n) is 16.4. The van der Waals surface area contributed by atoms with Crippen LogP contribution >= 0.6 is 11.8 Å². The summed E-state index contributed by atoms with van der Waals surface area (Å²) in [4.78, 5) is 22.3. The van der Waals surface area contributed by atoms with Crippen LogP contribution in [0.3, 0.4) is 0 Å². The van der Waals surface area contributed by atoms with Gasteiger partial charge in [-0.15, -0.1) is 0 Å². The number of rotatable bonds is 6. The fourth-order valence-corrected chi connectivity index (χ4v) is 4.51. The summed E-state index contributed by atoms with van der Waals surface area (Å²) in [6.07, 6.45) is 3.78. The number of aromatic nitrogens is 3. The zero-order chi connectivity index (χ0) is 20.3. The van der Waals surface area contributed by atoms with Gasteiger partial charge in [-0.05, 0) is 25.0 Å². The topological polar surface area (TPSA) is 70.2 Å². The molecule has 0 saturated carbocycles. The van der Waals surface area contributed by atoms with Gasteiger partial charge in [-0.25, -0.2) is 9.97 Å². The molecule has 1 unspecified atom stereocenters. The van der Waals surface area contributed by atoms with Crippen molar-refractivity contribution in [3.8, 4) is 11.3 Å². The largest absolute Gasteiger partial charge is 0.440 e. The fourth-order valence-electron chi connectivity index (χ4n) is 3.65.